The molecule has 0 aromatic carbocycles. The summed E-state index contributed by atoms with van der Waals surface area (Å²) in [6.07, 6.45) is 2.47. The maximum atomic E-state index is 11.7. The van der Waals surface area contributed by atoms with Crippen LogP contribution < -0.4 is 11.1 Å². The molecular formula is C10H20N2O. The van der Waals surface area contributed by atoms with Gasteiger partial charge in [0.1, 0.15) is 5.78 Å². The van der Waals surface area contributed by atoms with Crippen LogP contribution >= 0.6 is 0 Å². The van der Waals surface area contributed by atoms with Gasteiger partial charge in [-0.15, -0.1) is 0 Å². The molecule has 0 spiro atoms. The van der Waals surface area contributed by atoms with Crippen molar-refractivity contribution in [1.29, 1.82) is 0 Å². The third-order valence-corrected chi connectivity index (χ3v) is 2.42. The second-order valence-electron chi connectivity index (χ2n) is 4.66. The molecule has 0 unspecified atom stereocenters. The first-order valence-corrected chi connectivity index (χ1v) is 5.01. The smallest absolute Gasteiger partial charge is 0.137 e. The maximum Gasteiger partial charge on any atom is 0.137 e. The molecule has 0 aromatic heterocycles. The summed E-state index contributed by atoms with van der Waals surface area (Å²) in [5, 5.41) is 3.25. The van der Waals surface area contributed by atoms with E-state index >= 15 is 0 Å². The number of Topliss-reactive ketones (excluding diaryl/α,β-unsaturated/α-hetero) is 1. The number of rotatable bonds is 3. The third-order valence-electron chi connectivity index (χ3n) is 2.42. The summed E-state index contributed by atoms with van der Waals surface area (Å²) in [6, 6.07) is 0. The van der Waals surface area contributed by atoms with Crippen molar-refractivity contribution in [2.75, 3.05) is 13.1 Å². The molecule has 1 heterocycles. The van der Waals surface area contributed by atoms with Crippen molar-refractivity contribution >= 4 is 5.78 Å². The Morgan fingerprint density at radius 1 is 1.46 bits per heavy atom. The summed E-state index contributed by atoms with van der Waals surface area (Å²) in [7, 11) is 0. The Balaban J connectivity index is 2.38. The van der Waals surface area contributed by atoms with Gasteiger partial charge >= 0.3 is 0 Å². The fraction of sp³-hybridized carbons (Fsp3) is 0.900. The van der Waals surface area contributed by atoms with Gasteiger partial charge in [-0.05, 0) is 39.8 Å². The van der Waals surface area contributed by atoms with Crippen LogP contribution in [0.15, 0.2) is 0 Å². The van der Waals surface area contributed by atoms with E-state index in [1.165, 1.54) is 0 Å². The molecule has 3 heteroatoms. The highest BCUT2D eigenvalue weighted by Gasteiger charge is 2.25. The SMILES string of the molecule is CC(C)(N)CC(=O)C1CCNCC1. The summed E-state index contributed by atoms with van der Waals surface area (Å²) >= 11 is 0. The molecule has 0 aliphatic carbocycles. The first kappa shape index (κ1) is 10.7. The van der Waals surface area contributed by atoms with Gasteiger partial charge in [0.2, 0.25) is 0 Å². The molecule has 0 amide bonds. The van der Waals surface area contributed by atoms with E-state index in [1.54, 1.807) is 0 Å². The van der Waals surface area contributed by atoms with Crippen molar-refractivity contribution in [2.24, 2.45) is 11.7 Å². The molecule has 13 heavy (non-hydrogen) atoms. The highest BCUT2D eigenvalue weighted by molar-refractivity contribution is 5.82. The van der Waals surface area contributed by atoms with Gasteiger partial charge in [-0.25, -0.2) is 0 Å². The van der Waals surface area contributed by atoms with Gasteiger partial charge in [0.25, 0.3) is 0 Å². The van der Waals surface area contributed by atoms with Crippen LogP contribution in [0.1, 0.15) is 33.1 Å². The van der Waals surface area contributed by atoms with Gasteiger partial charge in [0.15, 0.2) is 0 Å². The minimum absolute atomic E-state index is 0.254. The normalized spacial score (nSPS) is 20.2. The topological polar surface area (TPSA) is 55.1 Å². The van der Waals surface area contributed by atoms with E-state index in [0.29, 0.717) is 12.2 Å². The van der Waals surface area contributed by atoms with Crippen LogP contribution in [0.25, 0.3) is 0 Å². The molecule has 0 radical (unpaired) electrons. The molecule has 1 saturated heterocycles. The number of nitrogens with one attached hydrogen (secondary N) is 1. The third kappa shape index (κ3) is 3.87. The van der Waals surface area contributed by atoms with Gasteiger partial charge in [-0.1, -0.05) is 0 Å². The highest BCUT2D eigenvalue weighted by Crippen LogP contribution is 2.17. The van der Waals surface area contributed by atoms with Crippen LogP contribution in [0.5, 0.6) is 0 Å². The Morgan fingerprint density at radius 3 is 2.46 bits per heavy atom. The minimum Gasteiger partial charge on any atom is -0.325 e. The van der Waals surface area contributed by atoms with Crippen molar-refractivity contribution in [1.82, 2.24) is 5.32 Å². The van der Waals surface area contributed by atoms with Crippen LogP contribution in [0.3, 0.4) is 0 Å². The molecule has 3 nitrogen and oxygen atoms in total. The van der Waals surface area contributed by atoms with Crippen LogP contribution in [0.2, 0.25) is 0 Å². The Hall–Kier alpha value is -0.410. The Morgan fingerprint density at radius 2 is 2.00 bits per heavy atom. The summed E-state index contributed by atoms with van der Waals surface area (Å²) in [4.78, 5) is 11.7. The fourth-order valence-electron chi connectivity index (χ4n) is 1.74. The lowest BCUT2D eigenvalue weighted by Gasteiger charge is -2.25. The molecule has 0 aromatic rings. The first-order chi connectivity index (χ1) is 5.99. The van der Waals surface area contributed by atoms with E-state index in [-0.39, 0.29) is 11.5 Å². The molecule has 0 saturated carbocycles. The summed E-state index contributed by atoms with van der Waals surface area (Å²) < 4.78 is 0. The number of carbonyl (C=O) groups excluding carboxylic acids is 1. The first-order valence-electron chi connectivity index (χ1n) is 5.01. The molecule has 76 valence electrons. The van der Waals surface area contributed by atoms with E-state index in [1.807, 2.05) is 13.8 Å². The lowest BCUT2D eigenvalue weighted by Crippen LogP contribution is -2.39. The van der Waals surface area contributed by atoms with Gasteiger partial charge < -0.3 is 11.1 Å². The summed E-state index contributed by atoms with van der Waals surface area (Å²) in [5.74, 6) is 0.595. The quantitative estimate of drug-likeness (QED) is 0.678. The zero-order valence-electron chi connectivity index (χ0n) is 8.60. The summed E-state index contributed by atoms with van der Waals surface area (Å²) in [6.45, 7) is 5.76. The second kappa shape index (κ2) is 4.20. The standard InChI is InChI=1S/C10H20N2O/c1-10(2,11)7-9(13)8-3-5-12-6-4-8/h8,12H,3-7,11H2,1-2H3. The van der Waals surface area contributed by atoms with Crippen molar-refractivity contribution in [2.45, 2.75) is 38.6 Å². The lowest BCUT2D eigenvalue weighted by molar-refractivity contribution is -0.124. The molecule has 1 fully saturated rings. The van der Waals surface area contributed by atoms with Gasteiger partial charge in [0, 0.05) is 17.9 Å². The lowest BCUT2D eigenvalue weighted by atomic mass is 9.87. The van der Waals surface area contributed by atoms with Crippen LogP contribution in [0.4, 0.5) is 0 Å². The van der Waals surface area contributed by atoms with E-state index < -0.39 is 0 Å². The van der Waals surface area contributed by atoms with Crippen LogP contribution in [0, 0.1) is 5.92 Å². The number of hydrogen-bond acceptors (Lipinski definition) is 3. The maximum absolute atomic E-state index is 11.7. The van der Waals surface area contributed by atoms with Crippen LogP contribution in [-0.2, 0) is 4.79 Å². The van der Waals surface area contributed by atoms with Crippen molar-refractivity contribution in [3.05, 3.63) is 0 Å². The van der Waals surface area contributed by atoms with E-state index in [0.717, 1.165) is 25.9 Å². The minimum atomic E-state index is -0.345. The van der Waals surface area contributed by atoms with Gasteiger partial charge in [-0.3, -0.25) is 4.79 Å². The fourth-order valence-corrected chi connectivity index (χ4v) is 1.74. The molecule has 3 N–H and O–H groups in total. The van der Waals surface area contributed by atoms with Crippen LogP contribution in [-0.4, -0.2) is 24.4 Å². The summed E-state index contributed by atoms with van der Waals surface area (Å²) in [5.41, 5.74) is 5.46. The Labute approximate surface area is 80.1 Å². The molecular weight excluding hydrogens is 164 g/mol. The predicted octanol–water partition coefficient (Wildman–Crippen LogP) is 0.682. The largest absolute Gasteiger partial charge is 0.325 e. The van der Waals surface area contributed by atoms with Crippen molar-refractivity contribution in [3.8, 4) is 0 Å². The molecule has 1 aliphatic heterocycles. The number of hydrogen-bond donors (Lipinski definition) is 2. The van der Waals surface area contributed by atoms with E-state index in [9.17, 15) is 4.79 Å². The van der Waals surface area contributed by atoms with Gasteiger partial charge in [0.05, 0.1) is 0 Å². The molecule has 0 atom stereocenters. The molecule has 0 bridgehead atoms. The second-order valence-corrected chi connectivity index (χ2v) is 4.66. The van der Waals surface area contributed by atoms with Crippen molar-refractivity contribution < 1.29 is 4.79 Å². The highest BCUT2D eigenvalue weighted by atomic mass is 16.1. The molecule has 1 aliphatic rings. The number of nitrogens with two attached hydrogens (primary N) is 1. The van der Waals surface area contributed by atoms with Crippen molar-refractivity contribution in [3.63, 3.8) is 0 Å². The van der Waals surface area contributed by atoms with Gasteiger partial charge in [-0.2, -0.15) is 0 Å². The monoisotopic (exact) mass is 184 g/mol. The average molecular weight is 184 g/mol. The zero-order valence-corrected chi connectivity index (χ0v) is 8.60. The van der Waals surface area contributed by atoms with E-state index in [2.05, 4.69) is 5.32 Å². The average Bonchev–Trinajstić information content (AvgIpc) is 2.03. The Bertz CT molecular complexity index is 178. The predicted molar refractivity (Wildman–Crippen MR) is 53.5 cm³/mol. The number of carbonyl (C=O) groups is 1. The number of ketones is 1. The van der Waals surface area contributed by atoms with E-state index in [4.69, 9.17) is 5.73 Å². The zero-order chi connectivity index (χ0) is 9.90. The molecule has 1 rings (SSSR count). The number of piperidine rings is 1. The Kier molecular flexibility index (Phi) is 3.45.